The molecule has 0 spiro atoms. The maximum absolute atomic E-state index is 15.3. The predicted octanol–water partition coefficient (Wildman–Crippen LogP) is 8.49. The molecule has 4 aromatic heterocycles. The highest BCUT2D eigenvalue weighted by molar-refractivity contribution is 7.48. The summed E-state index contributed by atoms with van der Waals surface area (Å²) < 4.78 is 86.3. The monoisotopic (exact) mass is 1170 g/mol. The number of amides is 2. The molecule has 0 bridgehead atoms. The number of anilines is 2. The Morgan fingerprint density at radius 1 is 0.843 bits per heavy atom. The van der Waals surface area contributed by atoms with Crippen molar-refractivity contribution in [3.8, 4) is 17.6 Å². The molecule has 2 fully saturated rings. The number of carbonyl (C=O) groups excluding carboxylic acids is 2. The van der Waals surface area contributed by atoms with Gasteiger partial charge in [-0.3, -0.25) is 42.8 Å². The number of fused-ring (bicyclic) bond motifs is 2. The van der Waals surface area contributed by atoms with Crippen LogP contribution in [0.15, 0.2) is 139 Å². The number of ether oxygens (including phenoxy) is 5. The zero-order valence-corrected chi connectivity index (χ0v) is 47.0. The minimum Gasteiger partial charge on any atom is -0.497 e. The molecule has 4 aromatic carbocycles. The van der Waals surface area contributed by atoms with Gasteiger partial charge in [-0.05, 0) is 59.2 Å². The molecular formula is C56H57N10O15P2+. The number of benzene rings is 4. The van der Waals surface area contributed by atoms with Gasteiger partial charge in [0.25, 0.3) is 11.5 Å². The van der Waals surface area contributed by atoms with Crippen molar-refractivity contribution in [2.75, 3.05) is 44.7 Å². The van der Waals surface area contributed by atoms with E-state index in [0.717, 1.165) is 5.56 Å². The molecule has 430 valence electrons. The molecule has 0 aliphatic carbocycles. The van der Waals surface area contributed by atoms with Gasteiger partial charge in [0.05, 0.1) is 64.3 Å². The first-order valence-corrected chi connectivity index (χ1v) is 28.8. The van der Waals surface area contributed by atoms with E-state index in [1.807, 2.05) is 84.9 Å². The number of nitriles is 1. The minimum absolute atomic E-state index is 0.0210. The van der Waals surface area contributed by atoms with Crippen LogP contribution in [0.25, 0.3) is 22.2 Å². The lowest BCUT2D eigenvalue weighted by molar-refractivity contribution is -0.118. The topological polar surface area (TPSA) is 314 Å². The second kappa shape index (κ2) is 25.6. The predicted molar refractivity (Wildman–Crippen MR) is 298 cm³/mol. The van der Waals surface area contributed by atoms with Crippen LogP contribution in [0.3, 0.4) is 0 Å². The zero-order chi connectivity index (χ0) is 58.3. The van der Waals surface area contributed by atoms with Gasteiger partial charge < -0.3 is 33.6 Å². The molecule has 2 aliphatic rings. The highest BCUT2D eigenvalue weighted by atomic mass is 31.2. The Bertz CT molecular complexity index is 3700. The van der Waals surface area contributed by atoms with E-state index < -0.39 is 89.1 Å². The van der Waals surface area contributed by atoms with Gasteiger partial charge in [-0.15, -0.1) is 9.42 Å². The first-order valence-electron chi connectivity index (χ1n) is 26.2. The number of phosphoric acid groups is 1. The molecule has 8 aromatic rings. The molecule has 4 N–H and O–H groups in total. The minimum atomic E-state index is -4.79. The van der Waals surface area contributed by atoms with Crippen LogP contribution >= 0.6 is 16.1 Å². The van der Waals surface area contributed by atoms with Gasteiger partial charge in [-0.25, -0.2) is 19.5 Å². The van der Waals surface area contributed by atoms with Gasteiger partial charge in [0, 0.05) is 35.1 Å². The van der Waals surface area contributed by atoms with E-state index in [0.29, 0.717) is 39.2 Å². The molecule has 25 nitrogen and oxygen atoms in total. The molecular weight excluding hydrogens is 1110 g/mol. The average molecular weight is 1170 g/mol. The lowest BCUT2D eigenvalue weighted by atomic mass is 9.80. The number of methoxy groups -OCH3 is 2. The number of aromatic amines is 1. The third-order valence-electron chi connectivity index (χ3n) is 13.9. The molecule has 10 rings (SSSR count). The highest BCUT2D eigenvalue weighted by Crippen LogP contribution is 2.55. The van der Waals surface area contributed by atoms with Crippen LogP contribution in [0.4, 0.5) is 11.8 Å². The molecule has 0 saturated carbocycles. The third kappa shape index (κ3) is 12.8. The molecule has 27 heteroatoms. The second-order valence-corrected chi connectivity index (χ2v) is 21.8. The molecule has 0 radical (unpaired) electrons. The van der Waals surface area contributed by atoms with Gasteiger partial charge in [-0.2, -0.15) is 10.2 Å². The fraction of sp³-hybridized carbons (Fsp3) is 0.321. The van der Waals surface area contributed by atoms with E-state index >= 15 is 4.57 Å². The van der Waals surface area contributed by atoms with Gasteiger partial charge in [0.15, 0.2) is 23.5 Å². The molecule has 6 heterocycles. The maximum atomic E-state index is 15.3. The first-order chi connectivity index (χ1) is 40.2. The molecule has 2 unspecified atom stereocenters. The van der Waals surface area contributed by atoms with Crippen molar-refractivity contribution < 1.29 is 65.4 Å². The zero-order valence-electron chi connectivity index (χ0n) is 45.2. The van der Waals surface area contributed by atoms with Crippen molar-refractivity contribution in [2.24, 2.45) is 5.92 Å². The van der Waals surface area contributed by atoms with Crippen LogP contribution < -0.4 is 25.7 Å². The summed E-state index contributed by atoms with van der Waals surface area (Å²) >= 11 is 0. The summed E-state index contributed by atoms with van der Waals surface area (Å²) in [5, 5.41) is 15.5. The summed E-state index contributed by atoms with van der Waals surface area (Å²) in [4.78, 5) is 69.1. The number of nitrogens with zero attached hydrogens (tertiary/aromatic N) is 7. The van der Waals surface area contributed by atoms with E-state index in [1.165, 1.54) is 17.2 Å². The summed E-state index contributed by atoms with van der Waals surface area (Å²) in [6.45, 7) is 2.16. The third-order valence-corrected chi connectivity index (χ3v) is 15.8. The molecule has 83 heavy (non-hydrogen) atoms. The lowest BCUT2D eigenvalue weighted by Gasteiger charge is -2.37. The van der Waals surface area contributed by atoms with Crippen LogP contribution in [0.1, 0.15) is 72.6 Å². The number of rotatable bonds is 24. The largest absolute Gasteiger partial charge is 0.695 e. The van der Waals surface area contributed by atoms with Crippen molar-refractivity contribution in [1.29, 1.82) is 5.26 Å². The van der Waals surface area contributed by atoms with Crippen LogP contribution in [0.5, 0.6) is 11.5 Å². The molecule has 2 amide bonds. The maximum Gasteiger partial charge on any atom is 0.695 e. The van der Waals surface area contributed by atoms with E-state index in [2.05, 4.69) is 35.6 Å². The summed E-state index contributed by atoms with van der Waals surface area (Å²) in [6.07, 6.45) is -2.75. The number of imidazole rings is 1. The Morgan fingerprint density at radius 3 is 2.17 bits per heavy atom. The van der Waals surface area contributed by atoms with Crippen molar-refractivity contribution in [3.63, 3.8) is 0 Å². The van der Waals surface area contributed by atoms with Gasteiger partial charge in [0.1, 0.15) is 53.3 Å². The number of carbonyl (C=O) groups is 2. The Labute approximate surface area is 475 Å². The standard InChI is InChI=1S/C56H56N10O15P2/c1-34(2)51(67)63-55-62-50-47(53(69)64-55)60-33-66(50)54-44(80-82(70)71)28-41(78-54)30-77-83(72,76-27-11-25-57)81-43-29-46(65-26-24-42-48(58-32-59-49(42)65)61-52(68)35-12-7-5-8-13-35)79-45(43)31-75-56(36-14-9-6-10-15-36,37-16-20-39(73-3)21-17-37)38-18-22-40(74-4)23-19-38/h5-10,12-24,26,32-34,41,43-46,54H,11,27-31H2,1-4H3,(H3-,58,59,61,62,63,64,67,68,69,70,71)/p+1/t41-,43-,44+,45+,46+,54+,83?/m0/s1. The average Bonchev–Trinajstić information content (AvgIpc) is 4.47. The highest BCUT2D eigenvalue weighted by Gasteiger charge is 2.48. The van der Waals surface area contributed by atoms with Crippen molar-refractivity contribution >= 4 is 61.9 Å². The van der Waals surface area contributed by atoms with Crippen LogP contribution in [-0.2, 0) is 51.8 Å². The number of nitrogens with one attached hydrogen (secondary N) is 3. The lowest BCUT2D eigenvalue weighted by Crippen LogP contribution is -2.38. The summed E-state index contributed by atoms with van der Waals surface area (Å²) in [5.41, 5.74) is 0.731. The SMILES string of the molecule is COc1ccc(C(OC[C@H]2O[C@@H](n3ccc4c(NC(=O)c5ccccc5)ncnc43)C[C@@H]2OP(=O)(OCCC#N)OC[C@@H]2C[C@@H](O[P+](=O)O)[C@H](n3cnc4c(=O)[nH]c(NC(=O)C(C)C)nc43)O2)(c2ccccc2)c2ccc(OC)cc2)cc1. The summed E-state index contributed by atoms with van der Waals surface area (Å²) in [6, 6.07) is 36.8. The summed E-state index contributed by atoms with van der Waals surface area (Å²) in [7, 11) is -4.87. The fourth-order valence-corrected chi connectivity index (χ4v) is 11.7. The second-order valence-electron chi connectivity index (χ2n) is 19.5. The van der Waals surface area contributed by atoms with Crippen molar-refractivity contribution in [1.82, 2.24) is 34.1 Å². The van der Waals surface area contributed by atoms with Crippen molar-refractivity contribution in [3.05, 3.63) is 167 Å². The van der Waals surface area contributed by atoms with Gasteiger partial charge >= 0.3 is 16.1 Å². The smallest absolute Gasteiger partial charge is 0.497 e. The van der Waals surface area contributed by atoms with Crippen LogP contribution in [-0.4, -0.2) is 109 Å². The molecule has 8 atom stereocenters. The van der Waals surface area contributed by atoms with E-state index in [1.54, 1.807) is 75.2 Å². The van der Waals surface area contributed by atoms with E-state index in [4.69, 9.17) is 41.8 Å². The Balaban J connectivity index is 0.986. The van der Waals surface area contributed by atoms with Gasteiger partial charge in [-0.1, -0.05) is 86.6 Å². The number of aromatic nitrogens is 7. The Hall–Kier alpha value is -8.11. The van der Waals surface area contributed by atoms with Gasteiger partial charge in [0.2, 0.25) is 11.9 Å². The van der Waals surface area contributed by atoms with E-state index in [9.17, 15) is 29.1 Å². The number of H-pyrrole nitrogens is 1. The molecule has 2 aliphatic heterocycles. The Kier molecular flexibility index (Phi) is 17.9. The number of hydrogen-bond acceptors (Lipinski definition) is 19. The number of phosphoric ester groups is 1. The first kappa shape index (κ1) is 58.1. The quantitative estimate of drug-likeness (QED) is 0.0250. The van der Waals surface area contributed by atoms with Crippen LogP contribution in [0.2, 0.25) is 0 Å². The fourth-order valence-electron chi connectivity index (χ4n) is 9.84. The normalized spacial score (nSPS) is 19.8. The molecule has 2 saturated heterocycles. The van der Waals surface area contributed by atoms with Crippen molar-refractivity contribution in [2.45, 2.75) is 75.6 Å². The summed E-state index contributed by atoms with van der Waals surface area (Å²) in [5.74, 6) is 0.00658. The number of hydrogen-bond donors (Lipinski definition) is 4. The van der Waals surface area contributed by atoms with E-state index in [-0.39, 0.29) is 54.7 Å². The van der Waals surface area contributed by atoms with Crippen LogP contribution in [0, 0.1) is 17.2 Å². The Morgan fingerprint density at radius 2 is 1.52 bits per heavy atom.